The molecule has 0 saturated carbocycles. The minimum atomic E-state index is 0.851. The number of nitrogens with one attached hydrogen (secondary N) is 1. The average molecular weight is 240 g/mol. The third-order valence-corrected chi connectivity index (χ3v) is 4.23. The van der Waals surface area contributed by atoms with Crippen molar-refractivity contribution in [1.82, 2.24) is 10.2 Å². The van der Waals surface area contributed by atoms with Gasteiger partial charge in [-0.15, -0.1) is 0 Å². The van der Waals surface area contributed by atoms with Crippen LogP contribution in [0.5, 0.6) is 0 Å². The number of likely N-dealkylation sites (tertiary alicyclic amines) is 1. The van der Waals surface area contributed by atoms with Crippen LogP contribution >= 0.6 is 0 Å². The van der Waals surface area contributed by atoms with Gasteiger partial charge in [-0.2, -0.15) is 0 Å². The molecule has 2 fully saturated rings. The summed E-state index contributed by atoms with van der Waals surface area (Å²) in [6.45, 7) is 8.89. The molecule has 3 nitrogen and oxygen atoms in total. The molecule has 2 saturated heterocycles. The number of rotatable bonds is 6. The highest BCUT2D eigenvalue weighted by atomic mass is 16.5. The van der Waals surface area contributed by atoms with Crippen molar-refractivity contribution in [2.45, 2.75) is 45.1 Å². The van der Waals surface area contributed by atoms with Crippen LogP contribution in [-0.4, -0.2) is 50.3 Å². The average Bonchev–Trinajstić information content (AvgIpc) is 2.84. The predicted octanol–water partition coefficient (Wildman–Crippen LogP) is 1.88. The summed E-state index contributed by atoms with van der Waals surface area (Å²) in [7, 11) is 0. The summed E-state index contributed by atoms with van der Waals surface area (Å²) in [4.78, 5) is 2.72. The van der Waals surface area contributed by atoms with Gasteiger partial charge in [-0.1, -0.05) is 0 Å². The zero-order valence-corrected chi connectivity index (χ0v) is 11.3. The van der Waals surface area contributed by atoms with E-state index in [0.29, 0.717) is 0 Å². The Morgan fingerprint density at radius 1 is 1.29 bits per heavy atom. The molecule has 2 aliphatic heterocycles. The van der Waals surface area contributed by atoms with Crippen molar-refractivity contribution in [2.24, 2.45) is 5.92 Å². The second kappa shape index (κ2) is 7.34. The summed E-state index contributed by atoms with van der Waals surface area (Å²) in [5.74, 6) is 0.901. The van der Waals surface area contributed by atoms with Crippen LogP contribution in [0.2, 0.25) is 0 Å². The molecule has 0 aromatic rings. The second-order valence-corrected chi connectivity index (χ2v) is 5.40. The molecule has 2 unspecified atom stereocenters. The number of ether oxygens (including phenoxy) is 1. The first-order chi connectivity index (χ1) is 8.42. The normalized spacial score (nSPS) is 30.9. The molecular weight excluding hydrogens is 212 g/mol. The quantitative estimate of drug-likeness (QED) is 0.717. The predicted molar refractivity (Wildman–Crippen MR) is 71.3 cm³/mol. The molecule has 0 aliphatic carbocycles. The van der Waals surface area contributed by atoms with Gasteiger partial charge in [0, 0.05) is 25.8 Å². The highest BCUT2D eigenvalue weighted by Crippen LogP contribution is 2.28. The lowest BCUT2D eigenvalue weighted by atomic mass is 9.90. The highest BCUT2D eigenvalue weighted by Gasteiger charge is 2.31. The summed E-state index contributed by atoms with van der Waals surface area (Å²) < 4.78 is 5.44. The third kappa shape index (κ3) is 3.94. The maximum absolute atomic E-state index is 5.44. The lowest BCUT2D eigenvalue weighted by Crippen LogP contribution is -2.43. The molecule has 3 heteroatoms. The van der Waals surface area contributed by atoms with Gasteiger partial charge in [-0.05, 0) is 64.6 Å². The van der Waals surface area contributed by atoms with Crippen molar-refractivity contribution in [2.75, 3.05) is 39.4 Å². The first kappa shape index (κ1) is 13.3. The van der Waals surface area contributed by atoms with Crippen LogP contribution in [0.15, 0.2) is 0 Å². The van der Waals surface area contributed by atoms with E-state index in [2.05, 4.69) is 17.1 Å². The van der Waals surface area contributed by atoms with E-state index in [-0.39, 0.29) is 0 Å². The molecule has 0 aromatic heterocycles. The van der Waals surface area contributed by atoms with Gasteiger partial charge >= 0.3 is 0 Å². The molecule has 17 heavy (non-hydrogen) atoms. The van der Waals surface area contributed by atoms with E-state index in [1.807, 2.05) is 0 Å². The van der Waals surface area contributed by atoms with Gasteiger partial charge in [-0.3, -0.25) is 4.90 Å². The summed E-state index contributed by atoms with van der Waals surface area (Å²) in [6, 6.07) is 0.851. The highest BCUT2D eigenvalue weighted by molar-refractivity contribution is 4.87. The topological polar surface area (TPSA) is 24.5 Å². The van der Waals surface area contributed by atoms with E-state index in [1.54, 1.807) is 0 Å². The molecule has 100 valence electrons. The van der Waals surface area contributed by atoms with Crippen molar-refractivity contribution < 1.29 is 4.74 Å². The minimum absolute atomic E-state index is 0.851. The summed E-state index contributed by atoms with van der Waals surface area (Å²) in [6.07, 6.45) is 6.81. The monoisotopic (exact) mass is 240 g/mol. The Balaban J connectivity index is 1.72. The molecule has 0 spiro atoms. The number of piperidine rings is 1. The van der Waals surface area contributed by atoms with Gasteiger partial charge < -0.3 is 10.1 Å². The minimum Gasteiger partial charge on any atom is -0.382 e. The van der Waals surface area contributed by atoms with Crippen LogP contribution in [-0.2, 0) is 4.74 Å². The third-order valence-electron chi connectivity index (χ3n) is 4.23. The second-order valence-electron chi connectivity index (χ2n) is 5.40. The fourth-order valence-electron chi connectivity index (χ4n) is 3.38. The van der Waals surface area contributed by atoms with Crippen molar-refractivity contribution in [1.29, 1.82) is 0 Å². The van der Waals surface area contributed by atoms with Crippen LogP contribution in [0.25, 0.3) is 0 Å². The van der Waals surface area contributed by atoms with Crippen molar-refractivity contribution in [3.8, 4) is 0 Å². The number of nitrogens with zero attached hydrogens (tertiary/aromatic N) is 1. The Morgan fingerprint density at radius 2 is 2.24 bits per heavy atom. The SMILES string of the molecule is CCOCCCN1CCCC1C1CCCNC1. The number of hydrogen-bond acceptors (Lipinski definition) is 3. The maximum atomic E-state index is 5.44. The molecular formula is C14H28N2O. The molecule has 1 N–H and O–H groups in total. The van der Waals surface area contributed by atoms with E-state index < -0.39 is 0 Å². The van der Waals surface area contributed by atoms with E-state index in [0.717, 1.165) is 25.2 Å². The Hall–Kier alpha value is -0.120. The van der Waals surface area contributed by atoms with E-state index in [4.69, 9.17) is 4.74 Å². The first-order valence-corrected chi connectivity index (χ1v) is 7.44. The fraction of sp³-hybridized carbons (Fsp3) is 1.00. The fourth-order valence-corrected chi connectivity index (χ4v) is 3.38. The molecule has 2 heterocycles. The Morgan fingerprint density at radius 3 is 3.00 bits per heavy atom. The van der Waals surface area contributed by atoms with E-state index >= 15 is 0 Å². The number of hydrogen-bond donors (Lipinski definition) is 1. The van der Waals surface area contributed by atoms with Crippen LogP contribution in [0, 0.1) is 5.92 Å². The Bertz CT molecular complexity index is 204. The van der Waals surface area contributed by atoms with Crippen molar-refractivity contribution in [3.05, 3.63) is 0 Å². The van der Waals surface area contributed by atoms with E-state index in [9.17, 15) is 0 Å². The molecule has 0 radical (unpaired) electrons. The smallest absolute Gasteiger partial charge is 0.0478 e. The van der Waals surface area contributed by atoms with Crippen LogP contribution in [0.4, 0.5) is 0 Å². The van der Waals surface area contributed by atoms with Crippen LogP contribution in [0.1, 0.15) is 39.0 Å². The van der Waals surface area contributed by atoms with E-state index in [1.165, 1.54) is 58.3 Å². The van der Waals surface area contributed by atoms with Crippen molar-refractivity contribution >= 4 is 0 Å². The van der Waals surface area contributed by atoms with Gasteiger partial charge in [0.15, 0.2) is 0 Å². The van der Waals surface area contributed by atoms with Gasteiger partial charge in [-0.25, -0.2) is 0 Å². The molecule has 2 aliphatic rings. The molecule has 2 atom stereocenters. The summed E-state index contributed by atoms with van der Waals surface area (Å²) >= 11 is 0. The first-order valence-electron chi connectivity index (χ1n) is 7.44. The van der Waals surface area contributed by atoms with Crippen LogP contribution < -0.4 is 5.32 Å². The summed E-state index contributed by atoms with van der Waals surface area (Å²) in [5.41, 5.74) is 0. The lowest BCUT2D eigenvalue weighted by molar-refractivity contribution is 0.116. The van der Waals surface area contributed by atoms with Gasteiger partial charge in [0.2, 0.25) is 0 Å². The van der Waals surface area contributed by atoms with Gasteiger partial charge in [0.25, 0.3) is 0 Å². The standard InChI is InChI=1S/C14H28N2O/c1-2-17-11-5-10-16-9-4-7-14(16)13-6-3-8-15-12-13/h13-15H,2-12H2,1H3. The Kier molecular flexibility index (Phi) is 5.75. The maximum Gasteiger partial charge on any atom is 0.0478 e. The van der Waals surface area contributed by atoms with Gasteiger partial charge in [0.05, 0.1) is 0 Å². The molecule has 2 rings (SSSR count). The van der Waals surface area contributed by atoms with Gasteiger partial charge in [0.1, 0.15) is 0 Å². The molecule has 0 amide bonds. The lowest BCUT2D eigenvalue weighted by Gasteiger charge is -2.34. The summed E-state index contributed by atoms with van der Waals surface area (Å²) in [5, 5.41) is 3.56. The Labute approximate surface area is 106 Å². The largest absolute Gasteiger partial charge is 0.382 e. The molecule has 0 aromatic carbocycles. The zero-order valence-electron chi connectivity index (χ0n) is 11.3. The zero-order chi connectivity index (χ0) is 11.9. The van der Waals surface area contributed by atoms with Crippen LogP contribution in [0.3, 0.4) is 0 Å². The molecule has 0 bridgehead atoms. The van der Waals surface area contributed by atoms with Crippen molar-refractivity contribution in [3.63, 3.8) is 0 Å².